The molecule has 20 heavy (non-hydrogen) atoms. The Morgan fingerprint density at radius 2 is 1.95 bits per heavy atom. The first-order valence-corrected chi connectivity index (χ1v) is 7.19. The summed E-state index contributed by atoms with van der Waals surface area (Å²) in [6, 6.07) is 4.42. The number of carbonyl (C=O) groups excluding carboxylic acids is 1. The first-order valence-electron chi connectivity index (χ1n) is 7.19. The van der Waals surface area contributed by atoms with E-state index in [0.717, 1.165) is 25.9 Å². The summed E-state index contributed by atoms with van der Waals surface area (Å²) in [5.74, 6) is -0.349. The van der Waals surface area contributed by atoms with Gasteiger partial charge in [-0.05, 0) is 50.3 Å². The van der Waals surface area contributed by atoms with Gasteiger partial charge in [-0.2, -0.15) is 0 Å². The van der Waals surface area contributed by atoms with Crippen LogP contribution in [0.25, 0.3) is 0 Å². The van der Waals surface area contributed by atoms with E-state index < -0.39 is 6.10 Å². The van der Waals surface area contributed by atoms with Crippen molar-refractivity contribution in [2.24, 2.45) is 5.73 Å². The fourth-order valence-corrected chi connectivity index (χ4v) is 2.91. The van der Waals surface area contributed by atoms with Crippen LogP contribution in [0.4, 0.5) is 0 Å². The van der Waals surface area contributed by atoms with Gasteiger partial charge in [0, 0.05) is 13.1 Å². The van der Waals surface area contributed by atoms with Crippen LogP contribution in [0.3, 0.4) is 0 Å². The SMILES string of the molecule is Cc1cc(C)c(CNC[C@H]2CC[C@@H](C(N)=O)O2)c(C)c1. The topological polar surface area (TPSA) is 64.3 Å². The van der Waals surface area contributed by atoms with E-state index in [1.54, 1.807) is 0 Å². The van der Waals surface area contributed by atoms with Crippen LogP contribution in [0.15, 0.2) is 12.1 Å². The number of amides is 1. The lowest BCUT2D eigenvalue weighted by Gasteiger charge is -2.15. The predicted octanol–water partition coefficient (Wildman–Crippen LogP) is 1.73. The monoisotopic (exact) mass is 276 g/mol. The van der Waals surface area contributed by atoms with E-state index in [9.17, 15) is 4.79 Å². The molecule has 1 fully saturated rings. The third-order valence-electron chi connectivity index (χ3n) is 3.94. The molecular formula is C16H24N2O2. The third kappa shape index (κ3) is 3.58. The lowest BCUT2D eigenvalue weighted by molar-refractivity contribution is -0.128. The molecule has 2 atom stereocenters. The quantitative estimate of drug-likeness (QED) is 0.861. The highest BCUT2D eigenvalue weighted by Crippen LogP contribution is 2.19. The molecule has 1 aliphatic rings. The van der Waals surface area contributed by atoms with Crippen LogP contribution in [0, 0.1) is 20.8 Å². The van der Waals surface area contributed by atoms with E-state index in [1.165, 1.54) is 22.3 Å². The van der Waals surface area contributed by atoms with E-state index in [4.69, 9.17) is 10.5 Å². The molecule has 0 aliphatic carbocycles. The Labute approximate surface area is 120 Å². The van der Waals surface area contributed by atoms with Crippen LogP contribution in [-0.2, 0) is 16.1 Å². The maximum Gasteiger partial charge on any atom is 0.246 e. The summed E-state index contributed by atoms with van der Waals surface area (Å²) in [6.45, 7) is 8.00. The van der Waals surface area contributed by atoms with E-state index in [0.29, 0.717) is 0 Å². The lowest BCUT2D eigenvalue weighted by Crippen LogP contribution is -2.32. The number of carbonyl (C=O) groups is 1. The number of benzene rings is 1. The van der Waals surface area contributed by atoms with Crippen LogP contribution in [0.2, 0.25) is 0 Å². The van der Waals surface area contributed by atoms with Crippen molar-refractivity contribution < 1.29 is 9.53 Å². The summed E-state index contributed by atoms with van der Waals surface area (Å²) in [5, 5.41) is 3.43. The Hall–Kier alpha value is -1.39. The number of primary amides is 1. The lowest BCUT2D eigenvalue weighted by atomic mass is 10.00. The number of hydrogen-bond donors (Lipinski definition) is 2. The van der Waals surface area contributed by atoms with Crippen molar-refractivity contribution in [3.8, 4) is 0 Å². The maximum atomic E-state index is 11.0. The third-order valence-corrected chi connectivity index (χ3v) is 3.94. The summed E-state index contributed by atoms with van der Waals surface area (Å²) in [7, 11) is 0. The fourth-order valence-electron chi connectivity index (χ4n) is 2.91. The van der Waals surface area contributed by atoms with Crippen LogP contribution in [-0.4, -0.2) is 24.7 Å². The zero-order valence-corrected chi connectivity index (χ0v) is 12.5. The van der Waals surface area contributed by atoms with E-state index in [-0.39, 0.29) is 12.0 Å². The number of rotatable bonds is 5. The van der Waals surface area contributed by atoms with Crippen molar-refractivity contribution in [3.05, 3.63) is 34.4 Å². The molecular weight excluding hydrogens is 252 g/mol. The van der Waals surface area contributed by atoms with E-state index >= 15 is 0 Å². The molecule has 1 aromatic rings. The molecule has 1 saturated heterocycles. The van der Waals surface area contributed by atoms with Gasteiger partial charge < -0.3 is 15.8 Å². The Morgan fingerprint density at radius 1 is 1.30 bits per heavy atom. The summed E-state index contributed by atoms with van der Waals surface area (Å²) >= 11 is 0. The Morgan fingerprint density at radius 3 is 2.50 bits per heavy atom. The molecule has 0 spiro atoms. The van der Waals surface area contributed by atoms with E-state index in [1.807, 2.05) is 0 Å². The molecule has 3 N–H and O–H groups in total. The Bertz CT molecular complexity index is 476. The molecule has 4 heteroatoms. The van der Waals surface area contributed by atoms with Crippen LogP contribution in [0.5, 0.6) is 0 Å². The molecule has 0 bridgehead atoms. The molecule has 0 radical (unpaired) electrons. The number of ether oxygens (including phenoxy) is 1. The minimum atomic E-state index is -0.398. The average molecular weight is 276 g/mol. The summed E-state index contributed by atoms with van der Waals surface area (Å²) in [6.07, 6.45) is 1.33. The number of nitrogens with one attached hydrogen (secondary N) is 1. The van der Waals surface area contributed by atoms with Gasteiger partial charge in [0.2, 0.25) is 5.91 Å². The molecule has 110 valence electrons. The molecule has 0 unspecified atom stereocenters. The van der Waals surface area contributed by atoms with Gasteiger partial charge in [0.05, 0.1) is 6.10 Å². The van der Waals surface area contributed by atoms with Crippen molar-refractivity contribution >= 4 is 5.91 Å². The molecule has 1 aromatic carbocycles. The van der Waals surface area contributed by atoms with Crippen molar-refractivity contribution in [2.45, 2.75) is 52.4 Å². The molecule has 0 saturated carbocycles. The van der Waals surface area contributed by atoms with Crippen LogP contribution in [0.1, 0.15) is 35.1 Å². The molecule has 2 rings (SSSR count). The minimum Gasteiger partial charge on any atom is -0.367 e. The molecule has 1 heterocycles. The highest BCUT2D eigenvalue weighted by atomic mass is 16.5. The molecule has 1 amide bonds. The zero-order chi connectivity index (χ0) is 14.7. The largest absolute Gasteiger partial charge is 0.367 e. The number of hydrogen-bond acceptors (Lipinski definition) is 3. The second-order valence-electron chi connectivity index (χ2n) is 5.73. The van der Waals surface area contributed by atoms with Gasteiger partial charge in [-0.15, -0.1) is 0 Å². The van der Waals surface area contributed by atoms with Crippen molar-refractivity contribution in [2.75, 3.05) is 6.54 Å². The van der Waals surface area contributed by atoms with Crippen molar-refractivity contribution in [1.82, 2.24) is 5.32 Å². The summed E-state index contributed by atoms with van der Waals surface area (Å²) < 4.78 is 5.60. The molecule has 0 aromatic heterocycles. The highest BCUT2D eigenvalue weighted by molar-refractivity contribution is 5.79. The number of nitrogens with two attached hydrogens (primary N) is 1. The highest BCUT2D eigenvalue weighted by Gasteiger charge is 2.28. The van der Waals surface area contributed by atoms with Crippen molar-refractivity contribution in [1.29, 1.82) is 0 Å². The number of aryl methyl sites for hydroxylation is 3. The van der Waals surface area contributed by atoms with Gasteiger partial charge in [0.25, 0.3) is 0 Å². The Balaban J connectivity index is 1.84. The van der Waals surface area contributed by atoms with Gasteiger partial charge in [-0.1, -0.05) is 17.7 Å². The van der Waals surface area contributed by atoms with Gasteiger partial charge in [-0.3, -0.25) is 4.79 Å². The average Bonchev–Trinajstić information content (AvgIpc) is 2.81. The minimum absolute atomic E-state index is 0.0959. The molecule has 1 aliphatic heterocycles. The van der Waals surface area contributed by atoms with Crippen LogP contribution >= 0.6 is 0 Å². The smallest absolute Gasteiger partial charge is 0.246 e. The second-order valence-corrected chi connectivity index (χ2v) is 5.73. The van der Waals surface area contributed by atoms with Crippen molar-refractivity contribution in [3.63, 3.8) is 0 Å². The zero-order valence-electron chi connectivity index (χ0n) is 12.5. The standard InChI is InChI=1S/C16H24N2O2/c1-10-6-11(2)14(12(3)7-10)9-18-8-13-4-5-15(20-13)16(17)19/h6-7,13,15,18H,4-5,8-9H2,1-3H3,(H2,17,19)/t13-,15+/m1/s1. The first kappa shape index (κ1) is 15.0. The van der Waals surface area contributed by atoms with Gasteiger partial charge in [0.1, 0.15) is 6.10 Å². The predicted molar refractivity (Wildman–Crippen MR) is 79.4 cm³/mol. The summed E-state index contributed by atoms with van der Waals surface area (Å²) in [4.78, 5) is 11.0. The first-order chi connectivity index (χ1) is 9.47. The Kier molecular flexibility index (Phi) is 4.78. The van der Waals surface area contributed by atoms with Gasteiger partial charge >= 0.3 is 0 Å². The van der Waals surface area contributed by atoms with Crippen LogP contribution < -0.4 is 11.1 Å². The van der Waals surface area contributed by atoms with Gasteiger partial charge in [0.15, 0.2) is 0 Å². The summed E-state index contributed by atoms with van der Waals surface area (Å²) in [5.41, 5.74) is 10.5. The fraction of sp³-hybridized carbons (Fsp3) is 0.562. The van der Waals surface area contributed by atoms with E-state index in [2.05, 4.69) is 38.2 Å². The maximum absolute atomic E-state index is 11.0. The second kappa shape index (κ2) is 6.37. The molecule has 4 nitrogen and oxygen atoms in total. The van der Waals surface area contributed by atoms with Gasteiger partial charge in [-0.25, -0.2) is 0 Å². The normalized spacial score (nSPS) is 22.1.